The van der Waals surface area contributed by atoms with Crippen LogP contribution >= 0.6 is 10.7 Å². The third-order valence-electron chi connectivity index (χ3n) is 3.44. The van der Waals surface area contributed by atoms with Gasteiger partial charge in [0.25, 0.3) is 0 Å². The van der Waals surface area contributed by atoms with Crippen molar-refractivity contribution in [1.82, 2.24) is 4.90 Å². The van der Waals surface area contributed by atoms with E-state index in [1.165, 1.54) is 0 Å². The summed E-state index contributed by atoms with van der Waals surface area (Å²) < 4.78 is 27.8. The highest BCUT2D eigenvalue weighted by Crippen LogP contribution is 2.24. The number of aryl methyl sites for hydroxylation is 1. The lowest BCUT2D eigenvalue weighted by Gasteiger charge is -2.24. The van der Waals surface area contributed by atoms with Gasteiger partial charge in [-0.15, -0.1) is 0 Å². The molecule has 7 heteroatoms. The Bertz CT molecular complexity index is 540. The van der Waals surface area contributed by atoms with Gasteiger partial charge < -0.3 is 9.32 Å². The number of furan rings is 1. The molecule has 0 bridgehead atoms. The third kappa shape index (κ3) is 3.51. The van der Waals surface area contributed by atoms with Gasteiger partial charge in [0.2, 0.25) is 15.0 Å². The standard InChI is InChI=1S/C12H16ClNO4S/c1-9(4-5-10-3-2-6-18-10)14-8-11(7-12(14)15)19(13,16)17/h2-3,6,9,11H,4-5,7-8H2,1H3. The van der Waals surface area contributed by atoms with Crippen molar-refractivity contribution in [2.45, 2.75) is 37.5 Å². The van der Waals surface area contributed by atoms with Gasteiger partial charge in [-0.1, -0.05) is 0 Å². The second kappa shape index (κ2) is 5.54. The van der Waals surface area contributed by atoms with Gasteiger partial charge in [-0.05, 0) is 25.5 Å². The van der Waals surface area contributed by atoms with Crippen LogP contribution < -0.4 is 0 Å². The predicted octanol–water partition coefficient (Wildman–Crippen LogP) is 1.77. The molecule has 0 aromatic carbocycles. The van der Waals surface area contributed by atoms with E-state index in [0.29, 0.717) is 0 Å². The summed E-state index contributed by atoms with van der Waals surface area (Å²) in [6.07, 6.45) is 3.04. The van der Waals surface area contributed by atoms with Gasteiger partial charge in [-0.3, -0.25) is 4.79 Å². The van der Waals surface area contributed by atoms with Crippen LogP contribution in [-0.2, 0) is 20.3 Å². The highest BCUT2D eigenvalue weighted by Gasteiger charge is 2.38. The van der Waals surface area contributed by atoms with Gasteiger partial charge in [0.05, 0.1) is 6.26 Å². The van der Waals surface area contributed by atoms with E-state index in [1.807, 2.05) is 19.1 Å². The molecule has 1 aromatic heterocycles. The molecule has 0 radical (unpaired) electrons. The average molecular weight is 306 g/mol. The number of likely N-dealkylation sites (tertiary alicyclic amines) is 1. The lowest BCUT2D eigenvalue weighted by atomic mass is 10.1. The van der Waals surface area contributed by atoms with Crippen LogP contribution in [0.4, 0.5) is 0 Å². The minimum atomic E-state index is -3.67. The number of carbonyl (C=O) groups is 1. The topological polar surface area (TPSA) is 67.6 Å². The molecule has 1 aliphatic heterocycles. The molecule has 106 valence electrons. The molecule has 0 saturated carbocycles. The smallest absolute Gasteiger partial charge is 0.237 e. The Kier molecular flexibility index (Phi) is 4.20. The van der Waals surface area contributed by atoms with Crippen LogP contribution in [0.15, 0.2) is 22.8 Å². The van der Waals surface area contributed by atoms with Crippen molar-refractivity contribution in [1.29, 1.82) is 0 Å². The highest BCUT2D eigenvalue weighted by atomic mass is 35.7. The first-order valence-corrected chi connectivity index (χ1v) is 8.50. The van der Waals surface area contributed by atoms with E-state index < -0.39 is 14.3 Å². The minimum absolute atomic E-state index is 0.0169. The maximum Gasteiger partial charge on any atom is 0.237 e. The van der Waals surface area contributed by atoms with Crippen molar-refractivity contribution < 1.29 is 17.6 Å². The first kappa shape index (κ1) is 14.4. The first-order chi connectivity index (χ1) is 8.88. The molecule has 2 rings (SSSR count). The maximum atomic E-state index is 11.8. The van der Waals surface area contributed by atoms with E-state index in [-0.39, 0.29) is 24.9 Å². The molecule has 2 atom stereocenters. The fourth-order valence-electron chi connectivity index (χ4n) is 2.27. The summed E-state index contributed by atoms with van der Waals surface area (Å²) in [6, 6.07) is 3.67. The van der Waals surface area contributed by atoms with Crippen molar-refractivity contribution in [3.63, 3.8) is 0 Å². The van der Waals surface area contributed by atoms with Gasteiger partial charge in [-0.25, -0.2) is 8.42 Å². The minimum Gasteiger partial charge on any atom is -0.469 e. The third-order valence-corrected chi connectivity index (χ3v) is 5.31. The normalized spacial score (nSPS) is 21.9. The lowest BCUT2D eigenvalue weighted by Crippen LogP contribution is -2.35. The number of amides is 1. The van der Waals surface area contributed by atoms with Gasteiger partial charge in [-0.2, -0.15) is 0 Å². The van der Waals surface area contributed by atoms with E-state index in [9.17, 15) is 13.2 Å². The highest BCUT2D eigenvalue weighted by molar-refractivity contribution is 8.14. The zero-order valence-electron chi connectivity index (χ0n) is 10.6. The van der Waals surface area contributed by atoms with Gasteiger partial charge in [0, 0.05) is 36.1 Å². The lowest BCUT2D eigenvalue weighted by molar-refractivity contribution is -0.129. The molecule has 5 nitrogen and oxygen atoms in total. The molecule has 2 unspecified atom stereocenters. The quantitative estimate of drug-likeness (QED) is 0.778. The van der Waals surface area contributed by atoms with E-state index in [0.717, 1.165) is 18.6 Å². The Labute approximate surface area is 116 Å². The molecule has 0 N–H and O–H groups in total. The van der Waals surface area contributed by atoms with E-state index >= 15 is 0 Å². The SMILES string of the molecule is CC(CCc1ccco1)N1CC(S(=O)(=O)Cl)CC1=O. The number of hydrogen-bond acceptors (Lipinski definition) is 4. The van der Waals surface area contributed by atoms with E-state index in [4.69, 9.17) is 15.1 Å². The average Bonchev–Trinajstić information content (AvgIpc) is 2.93. The van der Waals surface area contributed by atoms with Crippen LogP contribution in [-0.4, -0.2) is 37.1 Å². The van der Waals surface area contributed by atoms with Crippen LogP contribution in [0.2, 0.25) is 0 Å². The largest absolute Gasteiger partial charge is 0.469 e. The molecule has 0 aliphatic carbocycles. The zero-order valence-corrected chi connectivity index (χ0v) is 12.2. The molecule has 1 aliphatic rings. The summed E-state index contributed by atoms with van der Waals surface area (Å²) >= 11 is 0. The summed E-state index contributed by atoms with van der Waals surface area (Å²) in [5, 5.41) is -0.785. The second-order valence-electron chi connectivity index (χ2n) is 4.81. The van der Waals surface area contributed by atoms with Crippen LogP contribution in [0, 0.1) is 0 Å². The summed E-state index contributed by atoms with van der Waals surface area (Å²) in [5.41, 5.74) is 0. The molecule has 1 amide bonds. The Morgan fingerprint density at radius 2 is 2.32 bits per heavy atom. The molecule has 1 saturated heterocycles. The van der Waals surface area contributed by atoms with Gasteiger partial charge in [0.1, 0.15) is 11.0 Å². The molecular weight excluding hydrogens is 290 g/mol. The van der Waals surface area contributed by atoms with Gasteiger partial charge >= 0.3 is 0 Å². The second-order valence-corrected chi connectivity index (χ2v) is 7.72. The Balaban J connectivity index is 1.92. The number of rotatable bonds is 5. The fraction of sp³-hybridized carbons (Fsp3) is 0.583. The summed E-state index contributed by atoms with van der Waals surface area (Å²) in [4.78, 5) is 13.4. The van der Waals surface area contributed by atoms with E-state index in [1.54, 1.807) is 11.2 Å². The monoisotopic (exact) mass is 305 g/mol. The summed E-state index contributed by atoms with van der Waals surface area (Å²) in [5.74, 6) is 0.709. The fourth-order valence-corrected chi connectivity index (χ4v) is 3.31. The number of nitrogens with zero attached hydrogens (tertiary/aromatic N) is 1. The van der Waals surface area contributed by atoms with E-state index in [2.05, 4.69) is 0 Å². The van der Waals surface area contributed by atoms with Crippen molar-refractivity contribution in [3.8, 4) is 0 Å². The summed E-state index contributed by atoms with van der Waals surface area (Å²) in [6.45, 7) is 2.09. The Morgan fingerprint density at radius 3 is 2.84 bits per heavy atom. The molecular formula is C12H16ClNO4S. The molecule has 1 fully saturated rings. The van der Waals surface area contributed by atoms with Crippen molar-refractivity contribution in [2.75, 3.05) is 6.54 Å². The Morgan fingerprint density at radius 1 is 1.58 bits per heavy atom. The maximum absolute atomic E-state index is 11.8. The van der Waals surface area contributed by atoms with Crippen LogP contribution in [0.1, 0.15) is 25.5 Å². The van der Waals surface area contributed by atoms with Crippen molar-refractivity contribution in [3.05, 3.63) is 24.2 Å². The first-order valence-electron chi connectivity index (χ1n) is 6.13. The van der Waals surface area contributed by atoms with Crippen molar-refractivity contribution in [2.24, 2.45) is 0 Å². The number of hydrogen-bond donors (Lipinski definition) is 0. The summed E-state index contributed by atoms with van der Waals surface area (Å²) in [7, 11) is 1.64. The molecule has 2 heterocycles. The number of carbonyl (C=O) groups excluding carboxylic acids is 1. The van der Waals surface area contributed by atoms with Gasteiger partial charge in [0.15, 0.2) is 0 Å². The zero-order chi connectivity index (χ0) is 14.0. The Hall–Kier alpha value is -1.01. The molecule has 0 spiro atoms. The molecule has 19 heavy (non-hydrogen) atoms. The van der Waals surface area contributed by atoms with Crippen LogP contribution in [0.3, 0.4) is 0 Å². The predicted molar refractivity (Wildman–Crippen MR) is 71.4 cm³/mol. The van der Waals surface area contributed by atoms with Crippen molar-refractivity contribution >= 4 is 25.6 Å². The molecule has 1 aromatic rings. The number of halogens is 1. The van der Waals surface area contributed by atoms with Crippen LogP contribution in [0.5, 0.6) is 0 Å². The van der Waals surface area contributed by atoms with Crippen LogP contribution in [0.25, 0.3) is 0 Å².